The van der Waals surface area contributed by atoms with Crippen LogP contribution in [0.1, 0.15) is 120 Å². The van der Waals surface area contributed by atoms with Crippen LogP contribution in [0.5, 0.6) is 0 Å². The van der Waals surface area contributed by atoms with E-state index in [1.807, 2.05) is 26.0 Å². The third-order valence-electron chi connectivity index (χ3n) is 12.6. The predicted octanol–water partition coefficient (Wildman–Crippen LogP) is 10.6. The molecule has 6 aromatic rings. The number of aryl methyl sites for hydroxylation is 2. The average molecular weight is 820 g/mol. The van der Waals surface area contributed by atoms with Gasteiger partial charge in [0.15, 0.2) is 11.6 Å². The highest BCUT2D eigenvalue weighted by atomic mass is 19.4. The second-order valence-electron chi connectivity index (χ2n) is 16.5. The van der Waals surface area contributed by atoms with Crippen molar-refractivity contribution in [1.82, 2.24) is 9.55 Å². The molecule has 2 unspecified atom stereocenters. The molecule has 0 bridgehead atoms. The van der Waals surface area contributed by atoms with E-state index in [2.05, 4.69) is 31.5 Å². The van der Waals surface area contributed by atoms with Gasteiger partial charge >= 0.3 is 6.18 Å². The van der Waals surface area contributed by atoms with Crippen LogP contribution in [0.2, 0.25) is 0 Å². The molecule has 0 radical (unpaired) electrons. The number of amides is 2. The molecule has 0 saturated carbocycles. The van der Waals surface area contributed by atoms with E-state index in [1.165, 1.54) is 34.7 Å². The number of fused-ring (bicyclic) bond motifs is 1. The molecular weight excluding hydrogens is 780 g/mol. The van der Waals surface area contributed by atoms with Gasteiger partial charge in [-0.1, -0.05) is 73.2 Å². The zero-order valence-corrected chi connectivity index (χ0v) is 33.9. The average Bonchev–Trinajstić information content (AvgIpc) is 3.75. The van der Waals surface area contributed by atoms with Gasteiger partial charge in [0.2, 0.25) is 0 Å². The number of aromatic nitrogens is 2. The Morgan fingerprint density at radius 3 is 1.97 bits per heavy atom. The highest BCUT2D eigenvalue weighted by Crippen LogP contribution is 2.45. The van der Waals surface area contributed by atoms with Crippen LogP contribution < -0.4 is 10.5 Å². The number of hydrogen-bond donors (Lipinski definition) is 0. The van der Waals surface area contributed by atoms with Gasteiger partial charge in [-0.2, -0.15) is 13.2 Å². The van der Waals surface area contributed by atoms with Crippen molar-refractivity contribution in [3.63, 3.8) is 0 Å². The summed E-state index contributed by atoms with van der Waals surface area (Å²) in [6.07, 6.45) is 0.792. The molecule has 2 heterocycles. The van der Waals surface area contributed by atoms with Crippen molar-refractivity contribution in [2.75, 3.05) is 4.90 Å². The monoisotopic (exact) mass is 819 g/mol. The van der Waals surface area contributed by atoms with Crippen molar-refractivity contribution < 1.29 is 32.3 Å². The van der Waals surface area contributed by atoms with E-state index in [1.54, 1.807) is 30.3 Å². The van der Waals surface area contributed by atoms with Crippen LogP contribution in [-0.4, -0.2) is 32.9 Å². The maximum absolute atomic E-state index is 14.7. The lowest BCUT2D eigenvalue weighted by Crippen LogP contribution is -2.42. The molecule has 3 aliphatic rings. The summed E-state index contributed by atoms with van der Waals surface area (Å²) in [4.78, 5) is 78.3. The van der Waals surface area contributed by atoms with Gasteiger partial charge in [-0.25, -0.2) is 9.88 Å². The number of carbonyl (C=O) groups is 4. The van der Waals surface area contributed by atoms with E-state index >= 15 is 0 Å². The van der Waals surface area contributed by atoms with Gasteiger partial charge in [0.05, 0.1) is 28.7 Å². The van der Waals surface area contributed by atoms with Crippen LogP contribution in [0.25, 0.3) is 21.7 Å². The summed E-state index contributed by atoms with van der Waals surface area (Å²) in [6, 6.07) is 21.1. The Morgan fingerprint density at radius 1 is 0.820 bits per heavy atom. The minimum atomic E-state index is -4.73. The zero-order valence-electron chi connectivity index (χ0n) is 33.9. The number of Topliss-reactive ketones (excluding diaryl/α,β-unsaturated/α-hetero) is 2. The largest absolute Gasteiger partial charge is 0.416 e. The maximum atomic E-state index is 14.7. The lowest BCUT2D eigenvalue weighted by Gasteiger charge is -2.33. The van der Waals surface area contributed by atoms with Crippen LogP contribution in [0, 0.1) is 19.8 Å². The summed E-state index contributed by atoms with van der Waals surface area (Å²) < 4.78 is 42.4. The molecule has 1 aliphatic heterocycles. The van der Waals surface area contributed by atoms with Gasteiger partial charge < -0.3 is 0 Å². The summed E-state index contributed by atoms with van der Waals surface area (Å²) in [5, 5.41) is 0.0156. The number of allylic oxidation sites excluding steroid dienone is 3. The molecule has 0 N–H and O–H groups in total. The van der Waals surface area contributed by atoms with Crippen LogP contribution in [0.4, 0.5) is 18.9 Å². The third kappa shape index (κ3) is 6.28. The SMILES string of the molecule is C=C(C)C(C1=CCCC1)C(C)c1cc(C)c(N2C(=O)c3ccc4c5c(ccc(c35)C2=O)C(=O)C(c2nc3ccc(C(F)(F)F)cc3c(=O)n2Cc2ccccc2)C4=O)c(C)c1. The maximum Gasteiger partial charge on any atom is 0.416 e. The summed E-state index contributed by atoms with van der Waals surface area (Å²) in [5.74, 6) is -4.25. The Morgan fingerprint density at radius 2 is 1.41 bits per heavy atom. The smallest absolute Gasteiger partial charge is 0.293 e. The molecule has 1 aromatic heterocycles. The predicted molar refractivity (Wildman–Crippen MR) is 228 cm³/mol. The Labute approximate surface area is 349 Å². The van der Waals surface area contributed by atoms with Gasteiger partial charge in [-0.05, 0) is 111 Å². The molecular formula is C50H40F3N3O5. The Hall–Kier alpha value is -6.75. The Bertz CT molecular complexity index is 2960. The highest BCUT2D eigenvalue weighted by molar-refractivity contribution is 6.40. The fourth-order valence-electron chi connectivity index (χ4n) is 9.86. The lowest BCUT2D eigenvalue weighted by atomic mass is 9.76. The lowest BCUT2D eigenvalue weighted by molar-refractivity contribution is -0.137. The van der Waals surface area contributed by atoms with Crippen molar-refractivity contribution in [2.24, 2.45) is 5.92 Å². The minimum absolute atomic E-state index is 0.0532. The van der Waals surface area contributed by atoms with Crippen LogP contribution >= 0.6 is 0 Å². The van der Waals surface area contributed by atoms with Crippen molar-refractivity contribution in [1.29, 1.82) is 0 Å². The number of ketones is 2. The summed E-state index contributed by atoms with van der Waals surface area (Å²) in [7, 11) is 0. The first kappa shape index (κ1) is 39.7. The van der Waals surface area contributed by atoms with E-state index in [-0.39, 0.29) is 68.1 Å². The molecule has 306 valence electrons. The topological polar surface area (TPSA) is 106 Å². The first-order valence-corrected chi connectivity index (χ1v) is 20.2. The number of halogens is 3. The van der Waals surface area contributed by atoms with Gasteiger partial charge in [0.1, 0.15) is 11.7 Å². The van der Waals surface area contributed by atoms with Gasteiger partial charge in [-0.15, -0.1) is 0 Å². The number of hydrogen-bond acceptors (Lipinski definition) is 6. The third-order valence-corrected chi connectivity index (χ3v) is 12.6. The summed E-state index contributed by atoms with van der Waals surface area (Å²) >= 11 is 0. The van der Waals surface area contributed by atoms with Gasteiger partial charge in [0.25, 0.3) is 17.4 Å². The molecule has 0 spiro atoms. The first-order valence-electron chi connectivity index (χ1n) is 20.2. The molecule has 2 amide bonds. The minimum Gasteiger partial charge on any atom is -0.293 e. The van der Waals surface area contributed by atoms with Crippen molar-refractivity contribution >= 4 is 50.7 Å². The van der Waals surface area contributed by atoms with Crippen molar-refractivity contribution in [3.05, 3.63) is 175 Å². The van der Waals surface area contributed by atoms with E-state index in [0.29, 0.717) is 11.3 Å². The molecule has 0 saturated heterocycles. The molecule has 8 nitrogen and oxygen atoms in total. The number of rotatable bonds is 8. The van der Waals surface area contributed by atoms with Crippen molar-refractivity contribution in [3.8, 4) is 0 Å². The molecule has 2 aliphatic carbocycles. The second-order valence-corrected chi connectivity index (χ2v) is 16.5. The van der Waals surface area contributed by atoms with Crippen LogP contribution in [0.3, 0.4) is 0 Å². The van der Waals surface area contributed by atoms with Crippen LogP contribution in [0.15, 0.2) is 114 Å². The Balaban J connectivity index is 1.13. The molecule has 11 heteroatoms. The molecule has 0 fully saturated rings. The summed E-state index contributed by atoms with van der Waals surface area (Å²) in [5.41, 5.74) is 4.47. The fourth-order valence-corrected chi connectivity index (χ4v) is 9.86. The zero-order chi connectivity index (χ0) is 43.2. The number of anilines is 1. The number of alkyl halides is 3. The normalized spacial score (nSPS) is 16.4. The van der Waals surface area contributed by atoms with E-state index in [0.717, 1.165) is 64.3 Å². The Kier molecular flexibility index (Phi) is 9.41. The van der Waals surface area contributed by atoms with Crippen molar-refractivity contribution in [2.45, 2.75) is 71.5 Å². The molecule has 9 rings (SSSR count). The fraction of sp³-hybridized carbons (Fsp3) is 0.240. The molecule has 2 atom stereocenters. The number of benzene rings is 5. The number of nitrogens with zero attached hydrogens (tertiary/aromatic N) is 3. The standard InChI is InChI=1S/C50H40F3N3O5/c1-25(2)39(30-13-9-10-14-30)28(5)31-21-26(3)43(27(4)22-31)56-48(60)35-18-16-33-40-34(17-19-36(41(35)40)49(56)61)45(58)42(44(33)57)46-54-38-20-15-32(50(51,52)53)23-37(38)47(59)55(46)24-29-11-7-6-8-12-29/h6-8,11-13,15-23,28,39,42H,1,9-10,14,24H2,2-5H3. The van der Waals surface area contributed by atoms with Gasteiger partial charge in [-0.3, -0.25) is 28.5 Å². The molecule has 5 aromatic carbocycles. The number of carbonyl (C=O) groups excluding carboxylic acids is 4. The van der Waals surface area contributed by atoms with Crippen LogP contribution in [-0.2, 0) is 12.7 Å². The van der Waals surface area contributed by atoms with E-state index < -0.39 is 46.6 Å². The number of imide groups is 1. The summed E-state index contributed by atoms with van der Waals surface area (Å²) in [6.45, 7) is 12.1. The van der Waals surface area contributed by atoms with E-state index in [4.69, 9.17) is 0 Å². The second kappa shape index (κ2) is 14.5. The quantitative estimate of drug-likeness (QED) is 0.0860. The van der Waals surface area contributed by atoms with E-state index in [9.17, 15) is 37.1 Å². The first-order chi connectivity index (χ1) is 29.1. The highest BCUT2D eigenvalue weighted by Gasteiger charge is 2.44. The molecule has 61 heavy (non-hydrogen) atoms. The van der Waals surface area contributed by atoms with Gasteiger partial charge in [0, 0.05) is 38.9 Å².